The largest absolute Gasteiger partial charge is 0.268 e. The number of nitrogens with zero attached hydrogens (tertiary/aromatic N) is 2. The topological polar surface area (TPSA) is 96.8 Å². The maximum atomic E-state index is 12.5. The molecule has 0 saturated carbocycles. The zero-order valence-corrected chi connectivity index (χ0v) is 9.06. The summed E-state index contributed by atoms with van der Waals surface area (Å²) in [6.45, 7) is 0. The van der Waals surface area contributed by atoms with E-state index in [1.807, 2.05) is 0 Å². The first-order valence-electron chi connectivity index (χ1n) is 3.69. The van der Waals surface area contributed by atoms with E-state index in [9.17, 15) is 17.2 Å². The molecule has 1 aromatic heterocycles. The van der Waals surface area contributed by atoms with Gasteiger partial charge in [0.15, 0.2) is 0 Å². The van der Waals surface area contributed by atoms with Crippen molar-refractivity contribution in [3.8, 4) is 6.07 Å². The van der Waals surface area contributed by atoms with Gasteiger partial charge in [0.2, 0.25) is 10.0 Å². The van der Waals surface area contributed by atoms with Crippen molar-refractivity contribution in [3.63, 3.8) is 0 Å². The predicted octanol–water partition coefficient (Wildman–Crippen LogP) is 1.19. The second-order valence-electron chi connectivity index (χ2n) is 2.67. The summed E-state index contributed by atoms with van der Waals surface area (Å²) in [5.41, 5.74) is -1.40. The smallest absolute Gasteiger partial charge is 0.225 e. The minimum absolute atomic E-state index is 0.404. The predicted molar refractivity (Wildman–Crippen MR) is 50.3 cm³/mol. The molecule has 0 aliphatic rings. The van der Waals surface area contributed by atoms with E-state index in [4.69, 9.17) is 22.0 Å². The summed E-state index contributed by atoms with van der Waals surface area (Å²) in [5, 5.41) is 12.5. The van der Waals surface area contributed by atoms with Crippen LogP contribution in [0.2, 0.25) is 5.15 Å². The first-order chi connectivity index (χ1) is 7.27. The molecule has 0 amide bonds. The van der Waals surface area contributed by atoms with Gasteiger partial charge in [0.25, 0.3) is 6.43 Å². The summed E-state index contributed by atoms with van der Waals surface area (Å²) in [4.78, 5) is 2.40. The Morgan fingerprint density at radius 1 is 1.56 bits per heavy atom. The van der Waals surface area contributed by atoms with Gasteiger partial charge >= 0.3 is 0 Å². The molecule has 2 N–H and O–H groups in total. The summed E-state index contributed by atoms with van der Waals surface area (Å²) >= 11 is 5.35. The Bertz CT molecular complexity index is 568. The fourth-order valence-corrected chi connectivity index (χ4v) is 2.09. The highest BCUT2D eigenvalue weighted by Gasteiger charge is 2.25. The van der Waals surface area contributed by atoms with Gasteiger partial charge in [-0.2, -0.15) is 5.26 Å². The molecule has 0 aliphatic heterocycles. The molecule has 1 rings (SSSR count). The molecule has 0 spiro atoms. The summed E-state index contributed by atoms with van der Waals surface area (Å²) < 4.78 is 47.1. The Morgan fingerprint density at radius 3 is 2.50 bits per heavy atom. The van der Waals surface area contributed by atoms with Crippen molar-refractivity contribution in [2.45, 2.75) is 11.3 Å². The molecule has 1 aromatic rings. The van der Waals surface area contributed by atoms with Gasteiger partial charge in [-0.1, -0.05) is 11.6 Å². The lowest BCUT2D eigenvalue weighted by Gasteiger charge is -2.08. The number of nitriles is 1. The van der Waals surface area contributed by atoms with Crippen molar-refractivity contribution >= 4 is 21.6 Å². The van der Waals surface area contributed by atoms with Crippen LogP contribution >= 0.6 is 11.6 Å². The van der Waals surface area contributed by atoms with Gasteiger partial charge in [-0.15, -0.1) is 0 Å². The second-order valence-corrected chi connectivity index (χ2v) is 4.56. The highest BCUT2D eigenvalue weighted by Crippen LogP contribution is 2.31. The zero-order chi connectivity index (χ0) is 12.5. The van der Waals surface area contributed by atoms with Crippen LogP contribution in [0.3, 0.4) is 0 Å². The molecule has 5 nitrogen and oxygen atoms in total. The Balaban J connectivity index is 3.69. The maximum absolute atomic E-state index is 12.5. The van der Waals surface area contributed by atoms with Crippen LogP contribution in [0.1, 0.15) is 17.7 Å². The fraction of sp³-hybridized carbons (Fsp3) is 0.143. The molecule has 0 radical (unpaired) electrons. The minimum Gasteiger partial charge on any atom is -0.225 e. The molecule has 86 valence electrons. The van der Waals surface area contributed by atoms with Crippen molar-refractivity contribution in [2.24, 2.45) is 5.14 Å². The fourth-order valence-electron chi connectivity index (χ4n) is 0.992. The van der Waals surface area contributed by atoms with E-state index in [1.54, 1.807) is 0 Å². The van der Waals surface area contributed by atoms with Crippen LogP contribution in [-0.2, 0) is 10.0 Å². The van der Waals surface area contributed by atoms with Gasteiger partial charge in [0.05, 0.1) is 10.5 Å². The molecule has 0 aromatic carbocycles. The number of rotatable bonds is 2. The Labute approximate surface area is 94.5 Å². The molecule has 16 heavy (non-hydrogen) atoms. The molecule has 0 bridgehead atoms. The van der Waals surface area contributed by atoms with Crippen LogP contribution in [0.15, 0.2) is 11.0 Å². The third-order valence-corrected chi connectivity index (χ3v) is 2.85. The van der Waals surface area contributed by atoms with E-state index < -0.39 is 37.8 Å². The maximum Gasteiger partial charge on any atom is 0.268 e. The van der Waals surface area contributed by atoms with E-state index in [0.29, 0.717) is 6.07 Å². The van der Waals surface area contributed by atoms with E-state index in [-0.39, 0.29) is 0 Å². The minimum atomic E-state index is -4.39. The van der Waals surface area contributed by atoms with Crippen LogP contribution in [-0.4, -0.2) is 13.4 Å². The summed E-state index contributed by atoms with van der Waals surface area (Å²) in [7, 11) is -4.39. The van der Waals surface area contributed by atoms with Crippen molar-refractivity contribution in [3.05, 3.63) is 22.5 Å². The first kappa shape index (κ1) is 12.8. The second kappa shape index (κ2) is 4.29. The lowest BCUT2D eigenvalue weighted by molar-refractivity contribution is 0.147. The summed E-state index contributed by atoms with van der Waals surface area (Å²) in [6.07, 6.45) is -3.15. The number of alkyl halides is 2. The van der Waals surface area contributed by atoms with Crippen LogP contribution in [0.4, 0.5) is 8.78 Å². The Kier molecular flexibility index (Phi) is 3.42. The first-order valence-corrected chi connectivity index (χ1v) is 5.61. The monoisotopic (exact) mass is 267 g/mol. The highest BCUT2D eigenvalue weighted by atomic mass is 35.5. The van der Waals surface area contributed by atoms with Crippen molar-refractivity contribution < 1.29 is 17.2 Å². The number of aromatic nitrogens is 1. The SMILES string of the molecule is N#Cc1cc(S(N)(=O)=O)c(C(F)F)c(Cl)n1. The number of halogens is 3. The number of sulfonamides is 1. The van der Waals surface area contributed by atoms with Crippen molar-refractivity contribution in [1.29, 1.82) is 5.26 Å². The van der Waals surface area contributed by atoms with E-state index in [2.05, 4.69) is 4.98 Å². The van der Waals surface area contributed by atoms with Crippen molar-refractivity contribution in [1.82, 2.24) is 4.98 Å². The Morgan fingerprint density at radius 2 is 2.12 bits per heavy atom. The van der Waals surface area contributed by atoms with Gasteiger partial charge in [0.1, 0.15) is 16.9 Å². The van der Waals surface area contributed by atoms with Crippen LogP contribution in [0.5, 0.6) is 0 Å². The van der Waals surface area contributed by atoms with Gasteiger partial charge < -0.3 is 0 Å². The third-order valence-electron chi connectivity index (χ3n) is 1.61. The Hall–Kier alpha value is -1.30. The molecule has 0 unspecified atom stereocenters. The summed E-state index contributed by atoms with van der Waals surface area (Å²) in [5.74, 6) is 0. The molecule has 0 atom stereocenters. The number of hydrogen-bond acceptors (Lipinski definition) is 4. The quantitative estimate of drug-likeness (QED) is 0.814. The van der Waals surface area contributed by atoms with Gasteiger partial charge in [-0.05, 0) is 6.07 Å². The average molecular weight is 268 g/mol. The highest BCUT2D eigenvalue weighted by molar-refractivity contribution is 7.89. The standard InChI is InChI=1S/C7H4ClF2N3O2S/c8-6-5(7(9)10)4(16(12,14)15)1-3(2-11)13-6/h1,7H,(H2,12,14,15). The van der Waals surface area contributed by atoms with E-state index >= 15 is 0 Å². The molecule has 9 heteroatoms. The van der Waals surface area contributed by atoms with Crippen molar-refractivity contribution in [2.75, 3.05) is 0 Å². The molecule has 0 fully saturated rings. The average Bonchev–Trinajstić information content (AvgIpc) is 2.14. The number of pyridine rings is 1. The number of hydrogen-bond donors (Lipinski definition) is 1. The molecule has 0 saturated heterocycles. The van der Waals surface area contributed by atoms with Crippen LogP contribution in [0, 0.1) is 11.3 Å². The van der Waals surface area contributed by atoms with Gasteiger partial charge in [-0.25, -0.2) is 27.3 Å². The number of nitrogens with two attached hydrogens (primary N) is 1. The molecule has 1 heterocycles. The molecular weight excluding hydrogens is 264 g/mol. The van der Waals surface area contributed by atoms with Crippen LogP contribution < -0.4 is 5.14 Å². The van der Waals surface area contributed by atoms with E-state index in [0.717, 1.165) is 0 Å². The van der Waals surface area contributed by atoms with Crippen LogP contribution in [0.25, 0.3) is 0 Å². The molecule has 0 aliphatic carbocycles. The third kappa shape index (κ3) is 2.44. The number of primary sulfonamides is 1. The lowest BCUT2D eigenvalue weighted by Crippen LogP contribution is -2.16. The normalized spacial score (nSPS) is 11.5. The summed E-state index contributed by atoms with van der Waals surface area (Å²) in [6, 6.07) is 2.14. The zero-order valence-electron chi connectivity index (χ0n) is 7.49. The van der Waals surface area contributed by atoms with Gasteiger partial charge in [-0.3, -0.25) is 0 Å². The molecular formula is C7H4ClF2N3O2S. The van der Waals surface area contributed by atoms with Gasteiger partial charge in [0, 0.05) is 0 Å². The lowest BCUT2D eigenvalue weighted by atomic mass is 10.2. The van der Waals surface area contributed by atoms with E-state index in [1.165, 1.54) is 6.07 Å².